The molecule has 2 aromatic rings. The van der Waals surface area contributed by atoms with Crippen molar-refractivity contribution >= 4 is 33.2 Å². The number of anilines is 1. The SMILES string of the molecule is CC(C)c1ccccc1N(CC(=O)NCCCc1ccccc1Cl)S(C)(=O)=O. The molecule has 0 heterocycles. The van der Waals surface area contributed by atoms with Crippen LogP contribution in [0.4, 0.5) is 5.69 Å². The lowest BCUT2D eigenvalue weighted by molar-refractivity contribution is -0.119. The summed E-state index contributed by atoms with van der Waals surface area (Å²) in [7, 11) is -3.59. The largest absolute Gasteiger partial charge is 0.355 e. The summed E-state index contributed by atoms with van der Waals surface area (Å²) >= 11 is 6.13. The topological polar surface area (TPSA) is 66.5 Å². The predicted molar refractivity (Wildman–Crippen MR) is 116 cm³/mol. The molecule has 0 bridgehead atoms. The van der Waals surface area contributed by atoms with E-state index in [-0.39, 0.29) is 18.4 Å². The van der Waals surface area contributed by atoms with Gasteiger partial charge in [0.25, 0.3) is 0 Å². The van der Waals surface area contributed by atoms with Crippen LogP contribution in [0, 0.1) is 0 Å². The van der Waals surface area contributed by atoms with Crippen molar-refractivity contribution < 1.29 is 13.2 Å². The zero-order valence-corrected chi connectivity index (χ0v) is 18.1. The van der Waals surface area contributed by atoms with E-state index < -0.39 is 10.0 Å². The molecular formula is C21H27ClN2O3S. The van der Waals surface area contributed by atoms with Crippen LogP contribution in [0.25, 0.3) is 0 Å². The minimum absolute atomic E-state index is 0.138. The number of hydrogen-bond acceptors (Lipinski definition) is 3. The van der Waals surface area contributed by atoms with Gasteiger partial charge in [-0.3, -0.25) is 9.10 Å². The maximum Gasteiger partial charge on any atom is 0.240 e. The Hall–Kier alpha value is -2.05. The van der Waals surface area contributed by atoms with E-state index in [4.69, 9.17) is 11.6 Å². The fourth-order valence-corrected chi connectivity index (χ4v) is 4.08. The third-order valence-electron chi connectivity index (χ3n) is 4.42. The van der Waals surface area contributed by atoms with Gasteiger partial charge in [-0.25, -0.2) is 8.42 Å². The fraction of sp³-hybridized carbons (Fsp3) is 0.381. The van der Waals surface area contributed by atoms with Crippen molar-refractivity contribution in [1.82, 2.24) is 5.32 Å². The van der Waals surface area contributed by atoms with Gasteiger partial charge >= 0.3 is 0 Å². The third-order valence-corrected chi connectivity index (χ3v) is 5.91. The number of nitrogens with zero attached hydrogens (tertiary/aromatic N) is 1. The van der Waals surface area contributed by atoms with Crippen molar-refractivity contribution in [3.8, 4) is 0 Å². The Morgan fingerprint density at radius 2 is 1.75 bits per heavy atom. The van der Waals surface area contributed by atoms with Crippen molar-refractivity contribution in [2.75, 3.05) is 23.7 Å². The van der Waals surface area contributed by atoms with E-state index in [2.05, 4.69) is 5.32 Å². The third kappa shape index (κ3) is 6.24. The van der Waals surface area contributed by atoms with Crippen molar-refractivity contribution in [1.29, 1.82) is 0 Å². The Morgan fingerprint density at radius 1 is 1.11 bits per heavy atom. The minimum atomic E-state index is -3.59. The van der Waals surface area contributed by atoms with E-state index in [0.717, 1.165) is 30.2 Å². The summed E-state index contributed by atoms with van der Waals surface area (Å²) in [5, 5.41) is 3.52. The highest BCUT2D eigenvalue weighted by Gasteiger charge is 2.23. The van der Waals surface area contributed by atoms with Gasteiger partial charge in [0.05, 0.1) is 11.9 Å². The lowest BCUT2D eigenvalue weighted by atomic mass is 10.0. The molecule has 0 radical (unpaired) electrons. The molecule has 28 heavy (non-hydrogen) atoms. The normalized spacial score (nSPS) is 11.5. The Balaban J connectivity index is 2.00. The number of carbonyl (C=O) groups excluding carboxylic acids is 1. The molecule has 0 aliphatic heterocycles. The molecular weight excluding hydrogens is 396 g/mol. The maximum atomic E-state index is 12.4. The number of aryl methyl sites for hydroxylation is 1. The number of para-hydroxylation sites is 1. The number of amides is 1. The van der Waals surface area contributed by atoms with Gasteiger partial charge in [0.15, 0.2) is 0 Å². The molecule has 0 fully saturated rings. The highest BCUT2D eigenvalue weighted by molar-refractivity contribution is 7.92. The Kier molecular flexibility index (Phi) is 7.89. The van der Waals surface area contributed by atoms with Crippen LogP contribution in [-0.2, 0) is 21.2 Å². The molecule has 0 saturated carbocycles. The van der Waals surface area contributed by atoms with Gasteiger partial charge in [-0.1, -0.05) is 61.8 Å². The number of carbonyl (C=O) groups is 1. The molecule has 2 aromatic carbocycles. The van der Waals surface area contributed by atoms with Crippen LogP contribution in [0.15, 0.2) is 48.5 Å². The molecule has 1 N–H and O–H groups in total. The van der Waals surface area contributed by atoms with Gasteiger partial charge in [0.1, 0.15) is 6.54 Å². The number of hydrogen-bond donors (Lipinski definition) is 1. The van der Waals surface area contributed by atoms with Gasteiger partial charge in [0, 0.05) is 11.6 Å². The lowest BCUT2D eigenvalue weighted by Crippen LogP contribution is -2.41. The summed E-state index contributed by atoms with van der Waals surface area (Å²) < 4.78 is 25.8. The first-order valence-corrected chi connectivity index (χ1v) is 11.5. The first-order valence-electron chi connectivity index (χ1n) is 9.27. The second-order valence-electron chi connectivity index (χ2n) is 7.03. The maximum absolute atomic E-state index is 12.4. The number of rotatable bonds is 9. The Bertz CT molecular complexity index is 913. The Labute approximate surface area is 172 Å². The monoisotopic (exact) mass is 422 g/mol. The van der Waals surface area contributed by atoms with Crippen molar-refractivity contribution in [2.24, 2.45) is 0 Å². The first-order chi connectivity index (χ1) is 13.2. The summed E-state index contributed by atoms with van der Waals surface area (Å²) in [6.07, 6.45) is 2.58. The summed E-state index contributed by atoms with van der Waals surface area (Å²) in [5.41, 5.74) is 2.47. The van der Waals surface area contributed by atoms with E-state index in [9.17, 15) is 13.2 Å². The van der Waals surface area contributed by atoms with Gasteiger partial charge in [0.2, 0.25) is 15.9 Å². The molecule has 0 aliphatic rings. The summed E-state index contributed by atoms with van der Waals surface area (Å²) in [6, 6.07) is 14.9. The van der Waals surface area contributed by atoms with Gasteiger partial charge in [-0.15, -0.1) is 0 Å². The lowest BCUT2D eigenvalue weighted by Gasteiger charge is -2.25. The van der Waals surface area contributed by atoms with Crippen molar-refractivity contribution in [3.63, 3.8) is 0 Å². The smallest absolute Gasteiger partial charge is 0.240 e. The van der Waals surface area contributed by atoms with E-state index in [0.29, 0.717) is 17.3 Å². The quantitative estimate of drug-likeness (QED) is 0.621. The van der Waals surface area contributed by atoms with E-state index in [1.807, 2.05) is 50.2 Å². The molecule has 0 aromatic heterocycles. The van der Waals surface area contributed by atoms with E-state index in [1.54, 1.807) is 12.1 Å². The minimum Gasteiger partial charge on any atom is -0.355 e. The molecule has 5 nitrogen and oxygen atoms in total. The molecule has 1 amide bonds. The van der Waals surface area contributed by atoms with Gasteiger partial charge in [-0.05, 0) is 42.0 Å². The second-order valence-corrected chi connectivity index (χ2v) is 9.34. The van der Waals surface area contributed by atoms with Gasteiger partial charge in [-0.2, -0.15) is 0 Å². The van der Waals surface area contributed by atoms with Crippen LogP contribution in [-0.4, -0.2) is 33.7 Å². The Morgan fingerprint density at radius 3 is 2.39 bits per heavy atom. The highest BCUT2D eigenvalue weighted by Crippen LogP contribution is 2.28. The molecule has 0 saturated heterocycles. The van der Waals surface area contributed by atoms with Crippen molar-refractivity contribution in [3.05, 3.63) is 64.7 Å². The van der Waals surface area contributed by atoms with E-state index in [1.165, 1.54) is 4.31 Å². The molecule has 0 unspecified atom stereocenters. The number of benzene rings is 2. The van der Waals surface area contributed by atoms with Crippen LogP contribution >= 0.6 is 11.6 Å². The van der Waals surface area contributed by atoms with E-state index >= 15 is 0 Å². The number of sulfonamides is 1. The molecule has 0 aliphatic carbocycles. The summed E-state index contributed by atoms with van der Waals surface area (Å²) in [5.74, 6) is -0.192. The van der Waals surface area contributed by atoms with Crippen LogP contribution in [0.3, 0.4) is 0 Å². The predicted octanol–water partition coefficient (Wildman–Crippen LogP) is 3.98. The number of halogens is 1. The zero-order valence-electron chi connectivity index (χ0n) is 16.5. The first kappa shape index (κ1) is 22.2. The highest BCUT2D eigenvalue weighted by atomic mass is 35.5. The molecule has 2 rings (SSSR count). The standard InChI is InChI=1S/C21H27ClN2O3S/c1-16(2)18-11-5-7-13-20(18)24(28(3,26)27)15-21(25)23-14-8-10-17-9-4-6-12-19(17)22/h4-7,9,11-13,16H,8,10,14-15H2,1-3H3,(H,23,25). The van der Waals surface area contributed by atoms with Crippen LogP contribution < -0.4 is 9.62 Å². The second kappa shape index (κ2) is 9.94. The van der Waals surface area contributed by atoms with Crippen LogP contribution in [0.5, 0.6) is 0 Å². The van der Waals surface area contributed by atoms with Crippen LogP contribution in [0.1, 0.15) is 37.3 Å². The molecule has 0 spiro atoms. The molecule has 152 valence electrons. The van der Waals surface area contributed by atoms with Gasteiger partial charge < -0.3 is 5.32 Å². The van der Waals surface area contributed by atoms with Crippen LogP contribution in [0.2, 0.25) is 5.02 Å². The zero-order chi connectivity index (χ0) is 20.7. The molecule has 0 atom stereocenters. The van der Waals surface area contributed by atoms with Crippen molar-refractivity contribution in [2.45, 2.75) is 32.6 Å². The number of nitrogens with one attached hydrogen (secondary N) is 1. The molecule has 7 heteroatoms. The fourth-order valence-electron chi connectivity index (χ4n) is 2.98. The summed E-state index contributed by atoms with van der Waals surface area (Å²) in [6.45, 7) is 4.20. The average Bonchev–Trinajstić information content (AvgIpc) is 2.63. The average molecular weight is 423 g/mol. The summed E-state index contributed by atoms with van der Waals surface area (Å²) in [4.78, 5) is 12.4.